The molecule has 0 atom stereocenters. The van der Waals surface area contributed by atoms with Gasteiger partial charge in [-0.1, -0.05) is 13.3 Å². The molecule has 0 radical (unpaired) electrons. The van der Waals surface area contributed by atoms with E-state index in [0.717, 1.165) is 0 Å². The minimum Gasteiger partial charge on any atom is -0.456 e. The Kier molecular flexibility index (Phi) is 4.01. The molecule has 68 valence electrons. The summed E-state index contributed by atoms with van der Waals surface area (Å²) in [6.07, 6.45) is 1.27. The molecule has 0 aliphatic carbocycles. The summed E-state index contributed by atoms with van der Waals surface area (Å²) in [4.78, 5) is 0. The van der Waals surface area contributed by atoms with Gasteiger partial charge in [-0.3, -0.25) is 0 Å². The average Bonchev–Trinajstić information content (AvgIpc) is 1.55. The molecule has 11 heavy (non-hydrogen) atoms. The van der Waals surface area contributed by atoms with Crippen LogP contribution in [0.1, 0.15) is 13.3 Å². The van der Waals surface area contributed by atoms with Gasteiger partial charge in [-0.05, 0) is 38.8 Å². The molecule has 0 N–H and O–H groups in total. The maximum Gasteiger partial charge on any atom is 0.173 e. The van der Waals surface area contributed by atoms with Crippen molar-refractivity contribution in [3.05, 3.63) is 0 Å². The molecule has 0 saturated carbocycles. The van der Waals surface area contributed by atoms with Crippen molar-refractivity contribution in [2.45, 2.75) is 52.1 Å². The van der Waals surface area contributed by atoms with Crippen LogP contribution < -0.4 is 0 Å². The molecule has 0 aliphatic rings. The average molecular weight is 190 g/mol. The first-order valence-electron chi connectivity index (χ1n) is 4.47. The van der Waals surface area contributed by atoms with E-state index in [1.165, 1.54) is 12.5 Å². The Morgan fingerprint density at radius 3 is 1.73 bits per heavy atom. The molecular formula is C8H22OSi2. The first-order chi connectivity index (χ1) is 4.77. The summed E-state index contributed by atoms with van der Waals surface area (Å²) >= 11 is 0. The molecule has 0 saturated heterocycles. The van der Waals surface area contributed by atoms with E-state index in [1.54, 1.807) is 0 Å². The van der Waals surface area contributed by atoms with Gasteiger partial charge < -0.3 is 4.12 Å². The predicted molar refractivity (Wildman–Crippen MR) is 57.0 cm³/mol. The van der Waals surface area contributed by atoms with Gasteiger partial charge in [0.25, 0.3) is 0 Å². The van der Waals surface area contributed by atoms with E-state index < -0.39 is 16.6 Å². The van der Waals surface area contributed by atoms with Crippen molar-refractivity contribution in [3.8, 4) is 0 Å². The van der Waals surface area contributed by atoms with E-state index in [9.17, 15) is 0 Å². The lowest BCUT2D eigenvalue weighted by Crippen LogP contribution is -2.41. The Morgan fingerprint density at radius 1 is 1.00 bits per heavy atom. The third kappa shape index (κ3) is 6.78. The fourth-order valence-electron chi connectivity index (χ4n) is 1.48. The van der Waals surface area contributed by atoms with Crippen LogP contribution in [-0.4, -0.2) is 16.6 Å². The second-order valence-electron chi connectivity index (χ2n) is 4.72. The predicted octanol–water partition coefficient (Wildman–Crippen LogP) is 3.45. The van der Waals surface area contributed by atoms with Crippen LogP contribution in [0.4, 0.5) is 0 Å². The van der Waals surface area contributed by atoms with Gasteiger partial charge in [0.2, 0.25) is 0 Å². The molecular weight excluding hydrogens is 168 g/mol. The Balaban J connectivity index is 3.91. The van der Waals surface area contributed by atoms with Gasteiger partial charge >= 0.3 is 0 Å². The van der Waals surface area contributed by atoms with Gasteiger partial charge in [-0.25, -0.2) is 0 Å². The summed E-state index contributed by atoms with van der Waals surface area (Å²) in [6, 6.07) is 1.30. The van der Waals surface area contributed by atoms with Crippen molar-refractivity contribution in [3.63, 3.8) is 0 Å². The lowest BCUT2D eigenvalue weighted by atomic mass is 10.6. The van der Waals surface area contributed by atoms with Gasteiger partial charge in [0.05, 0.1) is 0 Å². The van der Waals surface area contributed by atoms with E-state index in [1.807, 2.05) is 0 Å². The molecule has 0 aromatic rings. The highest BCUT2D eigenvalue weighted by atomic mass is 28.4. The molecule has 0 spiro atoms. The largest absolute Gasteiger partial charge is 0.456 e. The Hall–Kier alpha value is 0.394. The van der Waals surface area contributed by atoms with Gasteiger partial charge in [-0.15, -0.1) is 0 Å². The van der Waals surface area contributed by atoms with Gasteiger partial charge in [0, 0.05) is 0 Å². The number of rotatable bonds is 4. The van der Waals surface area contributed by atoms with Crippen molar-refractivity contribution in [1.82, 2.24) is 0 Å². The highest BCUT2D eigenvalue weighted by Crippen LogP contribution is 2.19. The third-order valence-electron chi connectivity index (χ3n) is 1.43. The zero-order valence-corrected chi connectivity index (χ0v) is 10.8. The normalized spacial score (nSPS) is 13.6. The quantitative estimate of drug-likeness (QED) is 0.617. The molecule has 0 aliphatic heterocycles. The SMILES string of the molecule is CCC[Si](C)(C)O[Si](C)(C)C. The highest BCUT2D eigenvalue weighted by molar-refractivity contribution is 6.84. The fraction of sp³-hybridized carbons (Fsp3) is 1.00. The molecule has 0 amide bonds. The van der Waals surface area contributed by atoms with Crippen molar-refractivity contribution >= 4 is 16.6 Å². The third-order valence-corrected chi connectivity index (χ3v) is 7.80. The van der Waals surface area contributed by atoms with Crippen LogP contribution in [0.5, 0.6) is 0 Å². The molecule has 0 aromatic heterocycles. The van der Waals surface area contributed by atoms with Crippen molar-refractivity contribution in [2.24, 2.45) is 0 Å². The minimum absolute atomic E-state index is 1.27. The minimum atomic E-state index is -1.28. The lowest BCUT2D eigenvalue weighted by molar-refractivity contribution is 0.546. The Morgan fingerprint density at radius 2 is 1.45 bits per heavy atom. The zero-order chi connectivity index (χ0) is 9.12. The maximum atomic E-state index is 6.14. The molecule has 0 heterocycles. The van der Waals surface area contributed by atoms with Gasteiger partial charge in [0.1, 0.15) is 0 Å². The van der Waals surface area contributed by atoms with E-state index >= 15 is 0 Å². The molecule has 0 rings (SSSR count). The first-order valence-corrected chi connectivity index (χ1v) is 11.0. The van der Waals surface area contributed by atoms with E-state index in [2.05, 4.69) is 39.7 Å². The molecule has 1 nitrogen and oxygen atoms in total. The fourth-order valence-corrected chi connectivity index (χ4v) is 9.73. The first kappa shape index (κ1) is 11.4. The summed E-state index contributed by atoms with van der Waals surface area (Å²) in [5, 5.41) is 0. The summed E-state index contributed by atoms with van der Waals surface area (Å²) in [5.41, 5.74) is 0. The Bertz CT molecular complexity index is 116. The van der Waals surface area contributed by atoms with Gasteiger partial charge in [0.15, 0.2) is 16.6 Å². The molecule has 0 aromatic carbocycles. The van der Waals surface area contributed by atoms with E-state index in [-0.39, 0.29) is 0 Å². The lowest BCUT2D eigenvalue weighted by Gasteiger charge is -2.31. The smallest absolute Gasteiger partial charge is 0.173 e. The zero-order valence-electron chi connectivity index (χ0n) is 8.82. The second-order valence-corrected chi connectivity index (χ2v) is 13.8. The molecule has 3 heteroatoms. The van der Waals surface area contributed by atoms with Crippen LogP contribution in [0, 0.1) is 0 Å². The van der Waals surface area contributed by atoms with Crippen LogP contribution in [0.15, 0.2) is 0 Å². The standard InChI is InChI=1S/C8H22OSi2/c1-7-8-11(5,6)9-10(2,3)4/h7-8H2,1-6H3. The van der Waals surface area contributed by atoms with E-state index in [4.69, 9.17) is 4.12 Å². The summed E-state index contributed by atoms with van der Waals surface area (Å²) in [7, 11) is -2.55. The molecule has 0 bridgehead atoms. The summed E-state index contributed by atoms with van der Waals surface area (Å²) in [5.74, 6) is 0. The Labute approximate surface area is 73.4 Å². The van der Waals surface area contributed by atoms with Crippen molar-refractivity contribution in [2.75, 3.05) is 0 Å². The number of hydrogen-bond acceptors (Lipinski definition) is 1. The van der Waals surface area contributed by atoms with Crippen LogP contribution in [0.2, 0.25) is 38.8 Å². The molecule has 0 unspecified atom stereocenters. The highest BCUT2D eigenvalue weighted by Gasteiger charge is 2.28. The molecule has 0 fully saturated rings. The monoisotopic (exact) mass is 190 g/mol. The topological polar surface area (TPSA) is 9.23 Å². The van der Waals surface area contributed by atoms with Crippen molar-refractivity contribution in [1.29, 1.82) is 0 Å². The van der Waals surface area contributed by atoms with Crippen LogP contribution >= 0.6 is 0 Å². The van der Waals surface area contributed by atoms with Crippen LogP contribution in [0.25, 0.3) is 0 Å². The second kappa shape index (κ2) is 3.87. The number of hydrogen-bond donors (Lipinski definition) is 0. The maximum absolute atomic E-state index is 6.14. The summed E-state index contributed by atoms with van der Waals surface area (Å²) < 4.78 is 6.14. The van der Waals surface area contributed by atoms with E-state index in [0.29, 0.717) is 0 Å². The van der Waals surface area contributed by atoms with Gasteiger partial charge in [-0.2, -0.15) is 0 Å². The van der Waals surface area contributed by atoms with Crippen molar-refractivity contribution < 1.29 is 4.12 Å². The summed E-state index contributed by atoms with van der Waals surface area (Å²) in [6.45, 7) is 13.7. The van der Waals surface area contributed by atoms with Crippen LogP contribution in [0.3, 0.4) is 0 Å². The van der Waals surface area contributed by atoms with Crippen LogP contribution in [-0.2, 0) is 4.12 Å².